The molecule has 0 saturated carbocycles. The molecular formula is C11H18N2O3. The Bertz CT molecular complexity index is 293. The van der Waals surface area contributed by atoms with E-state index in [9.17, 15) is 9.59 Å². The quantitative estimate of drug-likeness (QED) is 0.741. The van der Waals surface area contributed by atoms with Gasteiger partial charge in [-0.25, -0.2) is 0 Å². The number of aliphatic carboxylic acids is 1. The molecule has 2 fully saturated rings. The molecule has 1 N–H and O–H groups in total. The molecule has 0 spiro atoms. The SMILES string of the molecule is O=C(O)CCCN1CCN2C(=O)CCC2C1. The molecule has 2 aliphatic rings. The average Bonchev–Trinajstić information content (AvgIpc) is 2.60. The number of carboxylic acids is 1. The van der Waals surface area contributed by atoms with Gasteiger partial charge >= 0.3 is 5.97 Å². The molecule has 2 rings (SSSR count). The number of amides is 1. The van der Waals surface area contributed by atoms with Crippen molar-refractivity contribution in [2.45, 2.75) is 31.7 Å². The molecule has 2 aliphatic heterocycles. The summed E-state index contributed by atoms with van der Waals surface area (Å²) >= 11 is 0. The number of carboxylic acid groups (broad SMARTS) is 1. The molecule has 0 aromatic heterocycles. The highest BCUT2D eigenvalue weighted by atomic mass is 16.4. The highest BCUT2D eigenvalue weighted by Gasteiger charge is 2.34. The van der Waals surface area contributed by atoms with Gasteiger partial charge in [0.2, 0.25) is 5.91 Å². The zero-order chi connectivity index (χ0) is 11.5. The molecule has 5 heteroatoms. The second-order valence-corrected chi connectivity index (χ2v) is 4.58. The van der Waals surface area contributed by atoms with E-state index >= 15 is 0 Å². The largest absolute Gasteiger partial charge is 0.481 e. The Morgan fingerprint density at radius 2 is 2.25 bits per heavy atom. The fraction of sp³-hybridized carbons (Fsp3) is 0.818. The molecule has 1 amide bonds. The van der Waals surface area contributed by atoms with E-state index in [1.54, 1.807) is 0 Å². The lowest BCUT2D eigenvalue weighted by Crippen LogP contribution is -2.51. The molecule has 0 aromatic carbocycles. The first-order chi connectivity index (χ1) is 7.66. The Morgan fingerprint density at radius 3 is 3.00 bits per heavy atom. The molecule has 1 unspecified atom stereocenters. The molecule has 2 saturated heterocycles. The van der Waals surface area contributed by atoms with Gasteiger partial charge in [-0.15, -0.1) is 0 Å². The molecule has 0 aliphatic carbocycles. The van der Waals surface area contributed by atoms with Crippen molar-refractivity contribution in [2.24, 2.45) is 0 Å². The van der Waals surface area contributed by atoms with Crippen molar-refractivity contribution in [1.82, 2.24) is 9.80 Å². The lowest BCUT2D eigenvalue weighted by atomic mass is 10.1. The summed E-state index contributed by atoms with van der Waals surface area (Å²) in [5.41, 5.74) is 0. The van der Waals surface area contributed by atoms with Gasteiger partial charge in [-0.3, -0.25) is 14.5 Å². The number of nitrogens with zero attached hydrogens (tertiary/aromatic N) is 2. The van der Waals surface area contributed by atoms with Crippen molar-refractivity contribution >= 4 is 11.9 Å². The van der Waals surface area contributed by atoms with Crippen LogP contribution in [0, 0.1) is 0 Å². The zero-order valence-electron chi connectivity index (χ0n) is 9.39. The van der Waals surface area contributed by atoms with Gasteiger partial charge in [-0.05, 0) is 19.4 Å². The highest BCUT2D eigenvalue weighted by Crippen LogP contribution is 2.22. The van der Waals surface area contributed by atoms with Gasteiger partial charge in [-0.2, -0.15) is 0 Å². The Hall–Kier alpha value is -1.10. The smallest absolute Gasteiger partial charge is 0.303 e. The molecule has 90 valence electrons. The number of fused-ring (bicyclic) bond motifs is 1. The van der Waals surface area contributed by atoms with Gasteiger partial charge in [0, 0.05) is 38.5 Å². The number of rotatable bonds is 4. The van der Waals surface area contributed by atoms with E-state index in [1.807, 2.05) is 4.90 Å². The Kier molecular flexibility index (Phi) is 3.43. The summed E-state index contributed by atoms with van der Waals surface area (Å²) in [7, 11) is 0. The van der Waals surface area contributed by atoms with Gasteiger partial charge < -0.3 is 10.0 Å². The van der Waals surface area contributed by atoms with Crippen molar-refractivity contribution in [3.8, 4) is 0 Å². The fourth-order valence-corrected chi connectivity index (χ4v) is 2.59. The minimum Gasteiger partial charge on any atom is -0.481 e. The van der Waals surface area contributed by atoms with E-state index in [0.717, 1.165) is 32.6 Å². The number of carbonyl (C=O) groups is 2. The fourth-order valence-electron chi connectivity index (χ4n) is 2.59. The normalized spacial score (nSPS) is 25.9. The van der Waals surface area contributed by atoms with Crippen molar-refractivity contribution in [3.63, 3.8) is 0 Å². The molecule has 0 bridgehead atoms. The van der Waals surface area contributed by atoms with E-state index in [2.05, 4.69) is 4.90 Å². The van der Waals surface area contributed by atoms with E-state index in [1.165, 1.54) is 0 Å². The average molecular weight is 226 g/mol. The first-order valence-electron chi connectivity index (χ1n) is 5.90. The van der Waals surface area contributed by atoms with Crippen LogP contribution < -0.4 is 0 Å². The maximum atomic E-state index is 11.4. The highest BCUT2D eigenvalue weighted by molar-refractivity contribution is 5.78. The zero-order valence-corrected chi connectivity index (χ0v) is 9.39. The maximum absolute atomic E-state index is 11.4. The van der Waals surface area contributed by atoms with Gasteiger partial charge in [-0.1, -0.05) is 0 Å². The third-order valence-electron chi connectivity index (χ3n) is 3.44. The monoisotopic (exact) mass is 226 g/mol. The van der Waals surface area contributed by atoms with Crippen LogP contribution in [0.25, 0.3) is 0 Å². The molecular weight excluding hydrogens is 208 g/mol. The number of carbonyl (C=O) groups excluding carboxylic acids is 1. The van der Waals surface area contributed by atoms with Gasteiger partial charge in [0.15, 0.2) is 0 Å². The molecule has 1 atom stereocenters. The summed E-state index contributed by atoms with van der Waals surface area (Å²) < 4.78 is 0. The van der Waals surface area contributed by atoms with Gasteiger partial charge in [0.1, 0.15) is 0 Å². The van der Waals surface area contributed by atoms with Crippen LogP contribution in [-0.4, -0.2) is 59.0 Å². The second kappa shape index (κ2) is 4.82. The summed E-state index contributed by atoms with van der Waals surface area (Å²) in [5.74, 6) is -0.440. The van der Waals surface area contributed by atoms with Crippen LogP contribution in [0.15, 0.2) is 0 Å². The molecule has 5 nitrogen and oxygen atoms in total. The number of hydrogen-bond donors (Lipinski definition) is 1. The second-order valence-electron chi connectivity index (χ2n) is 4.58. The third-order valence-corrected chi connectivity index (χ3v) is 3.44. The van der Waals surface area contributed by atoms with E-state index in [-0.39, 0.29) is 12.3 Å². The van der Waals surface area contributed by atoms with E-state index in [0.29, 0.717) is 18.9 Å². The first kappa shape index (κ1) is 11.4. The maximum Gasteiger partial charge on any atom is 0.303 e. The predicted octanol–water partition coefficient (Wildman–Crippen LogP) is 0.158. The van der Waals surface area contributed by atoms with Crippen LogP contribution in [0.4, 0.5) is 0 Å². The topological polar surface area (TPSA) is 60.9 Å². The molecule has 16 heavy (non-hydrogen) atoms. The van der Waals surface area contributed by atoms with E-state index in [4.69, 9.17) is 5.11 Å². The van der Waals surface area contributed by atoms with Gasteiger partial charge in [0.05, 0.1) is 0 Å². The predicted molar refractivity (Wildman–Crippen MR) is 58.0 cm³/mol. The van der Waals surface area contributed by atoms with Crippen LogP contribution in [0.2, 0.25) is 0 Å². The van der Waals surface area contributed by atoms with Gasteiger partial charge in [0.25, 0.3) is 0 Å². The Labute approximate surface area is 95.0 Å². The van der Waals surface area contributed by atoms with Crippen molar-refractivity contribution in [1.29, 1.82) is 0 Å². The van der Waals surface area contributed by atoms with Crippen molar-refractivity contribution < 1.29 is 14.7 Å². The minimum absolute atomic E-state index is 0.240. The summed E-state index contributed by atoms with van der Waals surface area (Å²) in [6, 6.07) is 0.381. The summed E-state index contributed by atoms with van der Waals surface area (Å²) in [6.45, 7) is 3.47. The summed E-state index contributed by atoms with van der Waals surface area (Å²) in [5, 5.41) is 8.56. The molecule has 0 radical (unpaired) electrons. The number of hydrogen-bond acceptors (Lipinski definition) is 3. The minimum atomic E-state index is -0.727. The number of piperazine rings is 1. The Balaban J connectivity index is 1.74. The lowest BCUT2D eigenvalue weighted by Gasteiger charge is -2.37. The third kappa shape index (κ3) is 2.52. The molecule has 2 heterocycles. The van der Waals surface area contributed by atoms with E-state index < -0.39 is 5.97 Å². The molecule has 0 aromatic rings. The standard InChI is InChI=1S/C11H18N2O3/c14-10-4-3-9-8-12(6-7-13(9)10)5-1-2-11(15)16/h9H,1-8H2,(H,15,16). The summed E-state index contributed by atoms with van der Waals surface area (Å²) in [4.78, 5) is 26.1. The van der Waals surface area contributed by atoms with Crippen LogP contribution in [0.3, 0.4) is 0 Å². The van der Waals surface area contributed by atoms with Crippen molar-refractivity contribution in [2.75, 3.05) is 26.2 Å². The van der Waals surface area contributed by atoms with Crippen LogP contribution in [-0.2, 0) is 9.59 Å². The summed E-state index contributed by atoms with van der Waals surface area (Å²) in [6.07, 6.45) is 2.60. The lowest BCUT2D eigenvalue weighted by molar-refractivity contribution is -0.137. The first-order valence-corrected chi connectivity index (χ1v) is 5.90. The Morgan fingerprint density at radius 1 is 1.44 bits per heavy atom. The van der Waals surface area contributed by atoms with Crippen LogP contribution in [0.5, 0.6) is 0 Å². The van der Waals surface area contributed by atoms with Crippen LogP contribution in [0.1, 0.15) is 25.7 Å². The van der Waals surface area contributed by atoms with Crippen LogP contribution >= 0.6 is 0 Å². The van der Waals surface area contributed by atoms with Crippen molar-refractivity contribution in [3.05, 3.63) is 0 Å².